The molecule has 0 aromatic heterocycles. The summed E-state index contributed by atoms with van der Waals surface area (Å²) in [5.41, 5.74) is 1.25. The van der Waals surface area contributed by atoms with Crippen molar-refractivity contribution in [1.29, 1.82) is 0 Å². The topological polar surface area (TPSA) is 30.9 Å². The van der Waals surface area contributed by atoms with Crippen molar-refractivity contribution >= 4 is 5.96 Å². The summed E-state index contributed by atoms with van der Waals surface area (Å²) in [4.78, 5) is 9.40. The lowest BCUT2D eigenvalue weighted by molar-refractivity contribution is 0.159. The molecule has 1 unspecified atom stereocenters. The molecule has 0 bridgehead atoms. The molecule has 1 aromatic rings. The Balaban J connectivity index is 1.74. The third kappa shape index (κ3) is 6.22. The highest BCUT2D eigenvalue weighted by Gasteiger charge is 2.17. The Morgan fingerprint density at radius 2 is 2.04 bits per heavy atom. The molecule has 1 atom stereocenters. The minimum atomic E-state index is 0.727. The van der Waals surface area contributed by atoms with Crippen LogP contribution < -0.4 is 5.32 Å². The Morgan fingerprint density at radius 1 is 1.26 bits per heavy atom. The molecule has 1 aliphatic heterocycles. The van der Waals surface area contributed by atoms with Crippen molar-refractivity contribution in [3.8, 4) is 0 Å². The van der Waals surface area contributed by atoms with Crippen molar-refractivity contribution in [2.75, 3.05) is 33.7 Å². The first-order valence-electron chi connectivity index (χ1n) is 8.90. The summed E-state index contributed by atoms with van der Waals surface area (Å²) >= 11 is 0. The summed E-state index contributed by atoms with van der Waals surface area (Å²) in [5, 5.41) is 3.49. The van der Waals surface area contributed by atoms with Crippen LogP contribution in [-0.2, 0) is 6.54 Å². The molecule has 1 aliphatic rings. The Labute approximate surface area is 141 Å². The molecular weight excluding hydrogens is 284 g/mol. The Bertz CT molecular complexity index is 470. The van der Waals surface area contributed by atoms with E-state index in [2.05, 4.69) is 46.3 Å². The molecule has 0 radical (unpaired) electrons. The van der Waals surface area contributed by atoms with Crippen LogP contribution in [-0.4, -0.2) is 55.5 Å². The Kier molecular flexibility index (Phi) is 7.40. The van der Waals surface area contributed by atoms with Gasteiger partial charge in [-0.2, -0.15) is 0 Å². The van der Waals surface area contributed by atoms with E-state index in [0.29, 0.717) is 0 Å². The standard InChI is InChI=1S/C19H32N4/c1-17-10-7-8-14-23(17)15-9-13-20-19(22(2)3)21-16-18-11-5-4-6-12-18/h4-6,11-12,17H,7-10,13-16H2,1-3H3,(H,20,21). The number of rotatable bonds is 6. The van der Waals surface area contributed by atoms with Gasteiger partial charge in [-0.25, -0.2) is 4.99 Å². The van der Waals surface area contributed by atoms with Crippen molar-refractivity contribution in [2.24, 2.45) is 4.99 Å². The first-order chi connectivity index (χ1) is 11.2. The third-order valence-electron chi connectivity index (χ3n) is 4.52. The first kappa shape index (κ1) is 17.8. The molecule has 1 fully saturated rings. The van der Waals surface area contributed by atoms with Gasteiger partial charge in [0, 0.05) is 33.2 Å². The molecule has 128 valence electrons. The number of benzene rings is 1. The van der Waals surface area contributed by atoms with Crippen LogP contribution in [0.4, 0.5) is 0 Å². The zero-order valence-corrected chi connectivity index (χ0v) is 15.0. The maximum atomic E-state index is 4.71. The smallest absolute Gasteiger partial charge is 0.193 e. The average Bonchev–Trinajstić information content (AvgIpc) is 2.56. The Hall–Kier alpha value is -1.55. The predicted molar refractivity (Wildman–Crippen MR) is 98.8 cm³/mol. The fourth-order valence-corrected chi connectivity index (χ4v) is 3.08. The molecule has 23 heavy (non-hydrogen) atoms. The molecular formula is C19H32N4. The molecule has 0 aliphatic carbocycles. The molecule has 2 rings (SSSR count). The van der Waals surface area contributed by atoms with Gasteiger partial charge < -0.3 is 15.1 Å². The fraction of sp³-hybridized carbons (Fsp3) is 0.632. The maximum absolute atomic E-state index is 4.71. The van der Waals surface area contributed by atoms with E-state index in [1.54, 1.807) is 0 Å². The van der Waals surface area contributed by atoms with Gasteiger partial charge in [-0.05, 0) is 38.3 Å². The number of nitrogens with one attached hydrogen (secondary N) is 1. The molecule has 4 nitrogen and oxygen atoms in total. The van der Waals surface area contributed by atoms with Gasteiger partial charge in [0.05, 0.1) is 6.54 Å². The number of hydrogen-bond donors (Lipinski definition) is 1. The number of likely N-dealkylation sites (tertiary alicyclic amines) is 1. The predicted octanol–water partition coefficient (Wildman–Crippen LogP) is 2.96. The fourth-order valence-electron chi connectivity index (χ4n) is 3.08. The second-order valence-electron chi connectivity index (χ2n) is 6.68. The van der Waals surface area contributed by atoms with Gasteiger partial charge in [-0.15, -0.1) is 0 Å². The van der Waals surface area contributed by atoms with E-state index in [1.165, 1.54) is 44.3 Å². The van der Waals surface area contributed by atoms with Crippen LogP contribution in [0, 0.1) is 0 Å². The van der Waals surface area contributed by atoms with Crippen LogP contribution in [0.5, 0.6) is 0 Å². The Morgan fingerprint density at radius 3 is 2.74 bits per heavy atom. The van der Waals surface area contributed by atoms with Gasteiger partial charge in [-0.1, -0.05) is 36.8 Å². The van der Waals surface area contributed by atoms with Gasteiger partial charge >= 0.3 is 0 Å². The molecule has 0 amide bonds. The van der Waals surface area contributed by atoms with Crippen LogP contribution in [0.2, 0.25) is 0 Å². The van der Waals surface area contributed by atoms with E-state index in [9.17, 15) is 0 Å². The molecule has 1 heterocycles. The van der Waals surface area contributed by atoms with Gasteiger partial charge in [-0.3, -0.25) is 0 Å². The highest BCUT2D eigenvalue weighted by molar-refractivity contribution is 5.79. The second-order valence-corrected chi connectivity index (χ2v) is 6.68. The number of guanidine groups is 1. The second kappa shape index (κ2) is 9.56. The van der Waals surface area contributed by atoms with Gasteiger partial charge in [0.15, 0.2) is 5.96 Å². The van der Waals surface area contributed by atoms with Crippen molar-refractivity contribution in [3.05, 3.63) is 35.9 Å². The highest BCUT2D eigenvalue weighted by atomic mass is 15.3. The normalized spacial score (nSPS) is 19.6. The summed E-state index contributed by atoms with van der Waals surface area (Å²) in [6.45, 7) is 6.52. The summed E-state index contributed by atoms with van der Waals surface area (Å²) in [7, 11) is 4.09. The lowest BCUT2D eigenvalue weighted by atomic mass is 10.0. The van der Waals surface area contributed by atoms with E-state index >= 15 is 0 Å². The molecule has 0 spiro atoms. The summed E-state index contributed by atoms with van der Waals surface area (Å²) in [6, 6.07) is 11.2. The van der Waals surface area contributed by atoms with Gasteiger partial charge in [0.2, 0.25) is 0 Å². The van der Waals surface area contributed by atoms with Crippen molar-refractivity contribution < 1.29 is 0 Å². The van der Waals surface area contributed by atoms with Crippen LogP contribution in [0.15, 0.2) is 35.3 Å². The number of aliphatic imine (C=N–C) groups is 1. The molecule has 1 aromatic carbocycles. The van der Waals surface area contributed by atoms with Crippen LogP contribution >= 0.6 is 0 Å². The van der Waals surface area contributed by atoms with Crippen LogP contribution in [0.1, 0.15) is 38.2 Å². The zero-order valence-electron chi connectivity index (χ0n) is 15.0. The quantitative estimate of drug-likeness (QED) is 0.497. The monoisotopic (exact) mass is 316 g/mol. The van der Waals surface area contributed by atoms with Crippen LogP contribution in [0.25, 0.3) is 0 Å². The lowest BCUT2D eigenvalue weighted by Crippen LogP contribution is -2.41. The minimum Gasteiger partial charge on any atom is -0.356 e. The van der Waals surface area contributed by atoms with E-state index in [0.717, 1.165) is 25.1 Å². The lowest BCUT2D eigenvalue weighted by Gasteiger charge is -2.33. The van der Waals surface area contributed by atoms with Crippen LogP contribution in [0.3, 0.4) is 0 Å². The maximum Gasteiger partial charge on any atom is 0.193 e. The number of hydrogen-bond acceptors (Lipinski definition) is 2. The summed E-state index contributed by atoms with van der Waals surface area (Å²) in [5.74, 6) is 0.973. The van der Waals surface area contributed by atoms with E-state index in [-0.39, 0.29) is 0 Å². The van der Waals surface area contributed by atoms with Crippen molar-refractivity contribution in [1.82, 2.24) is 15.1 Å². The largest absolute Gasteiger partial charge is 0.356 e. The van der Waals surface area contributed by atoms with E-state index in [4.69, 9.17) is 4.99 Å². The third-order valence-corrected chi connectivity index (χ3v) is 4.52. The van der Waals surface area contributed by atoms with Crippen molar-refractivity contribution in [3.63, 3.8) is 0 Å². The number of piperidine rings is 1. The van der Waals surface area contributed by atoms with Crippen molar-refractivity contribution in [2.45, 2.75) is 45.2 Å². The molecule has 1 N–H and O–H groups in total. The molecule has 4 heteroatoms. The van der Waals surface area contributed by atoms with E-state index in [1.807, 2.05) is 20.2 Å². The summed E-state index contributed by atoms with van der Waals surface area (Å²) < 4.78 is 0. The average molecular weight is 316 g/mol. The first-order valence-corrected chi connectivity index (χ1v) is 8.90. The summed E-state index contributed by atoms with van der Waals surface area (Å²) in [6.07, 6.45) is 5.28. The van der Waals surface area contributed by atoms with E-state index < -0.39 is 0 Å². The number of nitrogens with zero attached hydrogens (tertiary/aromatic N) is 3. The molecule has 1 saturated heterocycles. The van der Waals surface area contributed by atoms with Gasteiger partial charge in [0.25, 0.3) is 0 Å². The zero-order chi connectivity index (χ0) is 16.5. The van der Waals surface area contributed by atoms with Gasteiger partial charge in [0.1, 0.15) is 0 Å². The SMILES string of the molecule is CC1CCCCN1CCCNC(=NCc1ccccc1)N(C)C. The minimum absolute atomic E-state index is 0.727. The highest BCUT2D eigenvalue weighted by Crippen LogP contribution is 2.16. The molecule has 0 saturated carbocycles.